The van der Waals surface area contributed by atoms with Crippen molar-refractivity contribution in [1.82, 2.24) is 0 Å². The van der Waals surface area contributed by atoms with E-state index < -0.39 is 23.8 Å². The van der Waals surface area contributed by atoms with Gasteiger partial charge in [-0.15, -0.1) is 0 Å². The van der Waals surface area contributed by atoms with Crippen LogP contribution < -0.4 is 5.11 Å². The molecule has 2 bridgehead atoms. The minimum Gasteiger partial charge on any atom is -0.550 e. The highest BCUT2D eigenvalue weighted by atomic mass is 16.5. The molecule has 4 heteroatoms. The Labute approximate surface area is 146 Å². The number of carboxylic acid groups (broad SMARTS) is 1. The van der Waals surface area contributed by atoms with E-state index in [-0.39, 0.29) is 17.9 Å². The fourth-order valence-electron chi connectivity index (χ4n) is 4.55. The Kier molecular flexibility index (Phi) is 3.64. The van der Waals surface area contributed by atoms with Crippen LogP contribution in [0.25, 0.3) is 0 Å². The van der Waals surface area contributed by atoms with Crippen molar-refractivity contribution in [2.75, 3.05) is 0 Å². The summed E-state index contributed by atoms with van der Waals surface area (Å²) < 4.78 is 5.42. The van der Waals surface area contributed by atoms with Gasteiger partial charge >= 0.3 is 5.97 Å². The number of rotatable bonds is 3. The van der Waals surface area contributed by atoms with Gasteiger partial charge in [-0.3, -0.25) is 4.79 Å². The number of hydrogen-bond donors (Lipinski definition) is 0. The number of ether oxygens (including phenoxy) is 1. The summed E-state index contributed by atoms with van der Waals surface area (Å²) in [6, 6.07) is 15.6. The SMILES string of the molecule is CC(C)OC(=O)[C@H]1C2c3ccccc3C(c3ccccc32)[C@H]1C(=O)[O-]. The van der Waals surface area contributed by atoms with Crippen molar-refractivity contribution in [1.29, 1.82) is 0 Å². The van der Waals surface area contributed by atoms with Crippen molar-refractivity contribution in [3.05, 3.63) is 70.8 Å². The fraction of sp³-hybridized carbons (Fsp3) is 0.333. The van der Waals surface area contributed by atoms with Crippen LogP contribution >= 0.6 is 0 Å². The van der Waals surface area contributed by atoms with Crippen LogP contribution in [0.15, 0.2) is 48.5 Å². The monoisotopic (exact) mass is 335 g/mol. The molecular formula is C21H19O4-. The number of carboxylic acids is 1. The first-order chi connectivity index (χ1) is 12.0. The predicted molar refractivity (Wildman–Crippen MR) is 89.8 cm³/mol. The summed E-state index contributed by atoms with van der Waals surface area (Å²) in [6.45, 7) is 3.55. The Balaban J connectivity index is 1.95. The molecule has 0 amide bonds. The van der Waals surface area contributed by atoms with Gasteiger partial charge in [0.1, 0.15) is 0 Å². The second-order valence-corrected chi connectivity index (χ2v) is 7.07. The van der Waals surface area contributed by atoms with Gasteiger partial charge in [0, 0.05) is 23.7 Å². The van der Waals surface area contributed by atoms with Crippen LogP contribution in [0.1, 0.15) is 47.9 Å². The summed E-state index contributed by atoms with van der Waals surface area (Å²) >= 11 is 0. The molecule has 0 heterocycles. The quantitative estimate of drug-likeness (QED) is 0.807. The average molecular weight is 335 g/mol. The zero-order chi connectivity index (χ0) is 17.7. The maximum Gasteiger partial charge on any atom is 0.310 e. The van der Waals surface area contributed by atoms with E-state index in [1.54, 1.807) is 13.8 Å². The molecule has 4 nitrogen and oxygen atoms in total. The molecule has 3 aliphatic carbocycles. The Morgan fingerprint density at radius 1 is 0.840 bits per heavy atom. The van der Waals surface area contributed by atoms with Gasteiger partial charge in [0.25, 0.3) is 0 Å². The molecular weight excluding hydrogens is 316 g/mol. The van der Waals surface area contributed by atoms with Crippen LogP contribution in [0.3, 0.4) is 0 Å². The number of aliphatic carboxylic acids is 1. The van der Waals surface area contributed by atoms with E-state index in [1.807, 2.05) is 48.5 Å². The molecule has 0 N–H and O–H groups in total. The van der Waals surface area contributed by atoms with Crippen molar-refractivity contribution in [3.8, 4) is 0 Å². The van der Waals surface area contributed by atoms with E-state index >= 15 is 0 Å². The van der Waals surface area contributed by atoms with Crippen LogP contribution in [0.5, 0.6) is 0 Å². The van der Waals surface area contributed by atoms with Crippen LogP contribution in [0.4, 0.5) is 0 Å². The lowest BCUT2D eigenvalue weighted by Gasteiger charge is -2.50. The van der Waals surface area contributed by atoms with Gasteiger partial charge in [-0.1, -0.05) is 48.5 Å². The second kappa shape index (κ2) is 5.73. The largest absolute Gasteiger partial charge is 0.550 e. The molecule has 2 aromatic carbocycles. The maximum atomic E-state index is 12.8. The number of hydrogen-bond acceptors (Lipinski definition) is 4. The van der Waals surface area contributed by atoms with Crippen LogP contribution in [-0.4, -0.2) is 18.0 Å². The van der Waals surface area contributed by atoms with Gasteiger partial charge in [-0.05, 0) is 36.1 Å². The molecule has 5 rings (SSSR count). The molecule has 0 unspecified atom stereocenters. The summed E-state index contributed by atoms with van der Waals surface area (Å²) in [5.74, 6) is -4.02. The molecule has 3 aliphatic rings. The van der Waals surface area contributed by atoms with E-state index in [0.29, 0.717) is 0 Å². The van der Waals surface area contributed by atoms with Gasteiger partial charge in [-0.2, -0.15) is 0 Å². The maximum absolute atomic E-state index is 12.8. The summed E-state index contributed by atoms with van der Waals surface area (Å²) in [5.41, 5.74) is 4.01. The van der Waals surface area contributed by atoms with Crippen molar-refractivity contribution in [2.45, 2.75) is 31.8 Å². The Hall–Kier alpha value is -2.62. The van der Waals surface area contributed by atoms with Crippen LogP contribution in [0.2, 0.25) is 0 Å². The van der Waals surface area contributed by atoms with Crippen molar-refractivity contribution in [3.63, 3.8) is 0 Å². The number of carbonyl (C=O) groups excluding carboxylic acids is 2. The van der Waals surface area contributed by atoms with Gasteiger partial charge in [0.15, 0.2) is 0 Å². The first-order valence-electron chi connectivity index (χ1n) is 8.59. The zero-order valence-corrected chi connectivity index (χ0v) is 14.1. The Morgan fingerprint density at radius 2 is 1.24 bits per heavy atom. The van der Waals surface area contributed by atoms with E-state index in [2.05, 4.69) is 0 Å². The van der Waals surface area contributed by atoms with Gasteiger partial charge < -0.3 is 14.6 Å². The standard InChI is InChI=1S/C21H20O4/c1-11(2)25-21(24)19-17-14-9-5-3-7-12(14)16(18(19)20(22)23)13-8-4-6-10-15(13)17/h3-11,16-19H,1-2H3,(H,22,23)/p-1/t16?,17?,18-,19+/m1/s1. The molecule has 0 fully saturated rings. The molecule has 0 saturated carbocycles. The highest BCUT2D eigenvalue weighted by Gasteiger charge is 2.53. The summed E-state index contributed by atoms with van der Waals surface area (Å²) in [7, 11) is 0. The molecule has 2 atom stereocenters. The third-order valence-electron chi connectivity index (χ3n) is 5.33. The highest BCUT2D eigenvalue weighted by molar-refractivity contribution is 5.86. The molecule has 0 spiro atoms. The smallest absolute Gasteiger partial charge is 0.310 e. The number of esters is 1. The van der Waals surface area contributed by atoms with Crippen LogP contribution in [0, 0.1) is 11.8 Å². The number of benzene rings is 2. The molecule has 0 aliphatic heterocycles. The Bertz CT molecular complexity index is 807. The minimum atomic E-state index is -1.19. The van der Waals surface area contributed by atoms with Gasteiger partial charge in [0.05, 0.1) is 12.0 Å². The molecule has 128 valence electrons. The lowest BCUT2D eigenvalue weighted by molar-refractivity contribution is -0.314. The minimum absolute atomic E-state index is 0.291. The Morgan fingerprint density at radius 3 is 1.60 bits per heavy atom. The first kappa shape index (κ1) is 15.9. The predicted octanol–water partition coefficient (Wildman–Crippen LogP) is 2.21. The lowest BCUT2D eigenvalue weighted by Crippen LogP contribution is -2.51. The van der Waals surface area contributed by atoms with E-state index in [1.165, 1.54) is 0 Å². The van der Waals surface area contributed by atoms with E-state index in [9.17, 15) is 14.7 Å². The molecule has 0 aromatic heterocycles. The lowest BCUT2D eigenvalue weighted by atomic mass is 9.54. The van der Waals surface area contributed by atoms with Crippen molar-refractivity contribution < 1.29 is 19.4 Å². The number of carbonyl (C=O) groups is 2. The molecule has 0 radical (unpaired) electrons. The normalized spacial score (nSPS) is 26.0. The fourth-order valence-corrected chi connectivity index (χ4v) is 4.55. The first-order valence-corrected chi connectivity index (χ1v) is 8.59. The summed E-state index contributed by atoms with van der Waals surface area (Å²) in [6.07, 6.45) is -0.291. The average Bonchev–Trinajstić information content (AvgIpc) is 2.60. The number of fused-ring (bicyclic) bond motifs is 1. The van der Waals surface area contributed by atoms with Crippen LogP contribution in [-0.2, 0) is 14.3 Å². The van der Waals surface area contributed by atoms with Crippen molar-refractivity contribution in [2.24, 2.45) is 11.8 Å². The molecule has 25 heavy (non-hydrogen) atoms. The summed E-state index contributed by atoms with van der Waals surface area (Å²) in [5, 5.41) is 12.0. The topological polar surface area (TPSA) is 66.4 Å². The van der Waals surface area contributed by atoms with Gasteiger partial charge in [-0.25, -0.2) is 0 Å². The highest BCUT2D eigenvalue weighted by Crippen LogP contribution is 2.58. The second-order valence-electron chi connectivity index (χ2n) is 7.07. The third kappa shape index (κ3) is 2.28. The van der Waals surface area contributed by atoms with Gasteiger partial charge in [0.2, 0.25) is 0 Å². The zero-order valence-electron chi connectivity index (χ0n) is 14.1. The molecule has 0 saturated heterocycles. The van der Waals surface area contributed by atoms with E-state index in [4.69, 9.17) is 4.74 Å². The third-order valence-corrected chi connectivity index (χ3v) is 5.33. The molecule has 2 aromatic rings. The van der Waals surface area contributed by atoms with E-state index in [0.717, 1.165) is 22.3 Å². The summed E-state index contributed by atoms with van der Waals surface area (Å²) in [4.78, 5) is 24.9. The van der Waals surface area contributed by atoms with Crippen molar-refractivity contribution >= 4 is 11.9 Å².